The van der Waals surface area contributed by atoms with E-state index in [-0.39, 0.29) is 0 Å². The summed E-state index contributed by atoms with van der Waals surface area (Å²) in [5.74, 6) is 0. The molecule has 0 aromatic carbocycles. The topological polar surface area (TPSA) is 21.3 Å². The minimum atomic E-state index is 0.460. The number of halogens is 1. The largest absolute Gasteiger partial charge is 0.378 e. The number of hydrogen-bond donors (Lipinski definition) is 1. The molecule has 108 valence electrons. The first kappa shape index (κ1) is 15.5. The maximum Gasteiger partial charge on any atom is 0.0590 e. The monoisotopic (exact) mass is 345 g/mol. The first-order chi connectivity index (χ1) is 9.29. The van der Waals surface area contributed by atoms with Gasteiger partial charge in [0.15, 0.2) is 0 Å². The van der Waals surface area contributed by atoms with E-state index in [0.29, 0.717) is 12.1 Å². The molecule has 2 rings (SSSR count). The normalized spacial score (nSPS) is 21.5. The molecule has 0 radical (unpaired) electrons. The highest BCUT2D eigenvalue weighted by molar-refractivity contribution is 9.10. The number of thiophene rings is 1. The predicted octanol–water partition coefficient (Wildman–Crippen LogP) is 4.38. The molecule has 1 aliphatic heterocycles. The second kappa shape index (κ2) is 8.40. The lowest BCUT2D eigenvalue weighted by atomic mass is 9.99. The van der Waals surface area contributed by atoms with Gasteiger partial charge in [0.1, 0.15) is 0 Å². The molecule has 0 amide bonds. The van der Waals surface area contributed by atoms with E-state index in [1.807, 2.05) is 11.3 Å². The molecular weight excluding hydrogens is 322 g/mol. The van der Waals surface area contributed by atoms with Crippen LogP contribution in [0.3, 0.4) is 0 Å². The van der Waals surface area contributed by atoms with Crippen molar-refractivity contribution < 1.29 is 4.74 Å². The fourth-order valence-corrected chi connectivity index (χ4v) is 4.19. The Bertz CT molecular complexity index is 363. The molecule has 1 N–H and O–H groups in total. The third-order valence-corrected chi connectivity index (χ3v) is 5.58. The minimum Gasteiger partial charge on any atom is -0.378 e. The van der Waals surface area contributed by atoms with Crippen LogP contribution in [-0.4, -0.2) is 25.3 Å². The minimum absolute atomic E-state index is 0.460. The zero-order valence-corrected chi connectivity index (χ0v) is 14.1. The van der Waals surface area contributed by atoms with Crippen molar-refractivity contribution in [1.29, 1.82) is 0 Å². The van der Waals surface area contributed by atoms with Crippen molar-refractivity contribution in [1.82, 2.24) is 5.32 Å². The Morgan fingerprint density at radius 3 is 3.05 bits per heavy atom. The molecule has 4 heteroatoms. The van der Waals surface area contributed by atoms with Crippen LogP contribution >= 0.6 is 27.3 Å². The first-order valence-corrected chi connectivity index (χ1v) is 9.03. The van der Waals surface area contributed by atoms with Gasteiger partial charge < -0.3 is 10.1 Å². The molecule has 0 bridgehead atoms. The second-order valence-corrected chi connectivity index (χ2v) is 7.13. The molecule has 2 heterocycles. The van der Waals surface area contributed by atoms with Crippen LogP contribution < -0.4 is 5.32 Å². The van der Waals surface area contributed by atoms with Crippen molar-refractivity contribution in [3.63, 3.8) is 0 Å². The molecule has 1 aromatic rings. The molecule has 0 aliphatic carbocycles. The van der Waals surface area contributed by atoms with Gasteiger partial charge in [-0.15, -0.1) is 11.3 Å². The summed E-state index contributed by atoms with van der Waals surface area (Å²) in [7, 11) is 0. The van der Waals surface area contributed by atoms with Gasteiger partial charge in [0.05, 0.1) is 6.10 Å². The van der Waals surface area contributed by atoms with Crippen molar-refractivity contribution in [3.8, 4) is 0 Å². The maximum atomic E-state index is 5.89. The summed E-state index contributed by atoms with van der Waals surface area (Å²) in [6.45, 7) is 4.27. The van der Waals surface area contributed by atoms with E-state index in [1.165, 1.54) is 35.0 Å². The zero-order valence-electron chi connectivity index (χ0n) is 11.7. The fraction of sp³-hybridized carbons (Fsp3) is 0.733. The molecule has 1 saturated heterocycles. The van der Waals surface area contributed by atoms with Crippen molar-refractivity contribution >= 4 is 27.3 Å². The third-order valence-electron chi connectivity index (χ3n) is 3.63. The second-order valence-electron chi connectivity index (χ2n) is 5.27. The van der Waals surface area contributed by atoms with Crippen LogP contribution in [0.1, 0.15) is 43.9 Å². The smallest absolute Gasteiger partial charge is 0.0590 e. The number of rotatable bonds is 7. The van der Waals surface area contributed by atoms with Crippen LogP contribution in [-0.2, 0) is 11.2 Å². The van der Waals surface area contributed by atoms with Crippen LogP contribution in [0.5, 0.6) is 0 Å². The van der Waals surface area contributed by atoms with Gasteiger partial charge in [-0.25, -0.2) is 0 Å². The lowest BCUT2D eigenvalue weighted by Crippen LogP contribution is -2.36. The first-order valence-electron chi connectivity index (χ1n) is 7.36. The summed E-state index contributed by atoms with van der Waals surface area (Å²) < 4.78 is 7.14. The Morgan fingerprint density at radius 1 is 1.53 bits per heavy atom. The predicted molar refractivity (Wildman–Crippen MR) is 86.0 cm³/mol. The van der Waals surface area contributed by atoms with Crippen LogP contribution in [0.4, 0.5) is 0 Å². The van der Waals surface area contributed by atoms with E-state index in [9.17, 15) is 0 Å². The highest BCUT2D eigenvalue weighted by atomic mass is 79.9. The Morgan fingerprint density at radius 2 is 2.42 bits per heavy atom. The van der Waals surface area contributed by atoms with Gasteiger partial charge in [-0.1, -0.05) is 6.92 Å². The average Bonchev–Trinajstić information content (AvgIpc) is 2.83. The average molecular weight is 346 g/mol. The Balaban J connectivity index is 1.88. The zero-order chi connectivity index (χ0) is 13.5. The van der Waals surface area contributed by atoms with Crippen LogP contribution in [0.25, 0.3) is 0 Å². The van der Waals surface area contributed by atoms with Crippen LogP contribution in [0.2, 0.25) is 0 Å². The molecule has 2 unspecified atom stereocenters. The van der Waals surface area contributed by atoms with Crippen molar-refractivity contribution in [2.45, 2.75) is 57.6 Å². The molecule has 1 fully saturated rings. The van der Waals surface area contributed by atoms with Gasteiger partial charge in [-0.05, 0) is 72.4 Å². The van der Waals surface area contributed by atoms with Gasteiger partial charge in [-0.3, -0.25) is 0 Å². The molecular formula is C15H24BrNOS. The SMILES string of the molecule is CCCNC(Cc1sccc1Br)CC1CCCCO1. The van der Waals surface area contributed by atoms with E-state index >= 15 is 0 Å². The Kier molecular flexibility index (Phi) is 6.85. The summed E-state index contributed by atoms with van der Waals surface area (Å²) in [4.78, 5) is 1.45. The molecule has 0 saturated carbocycles. The van der Waals surface area contributed by atoms with E-state index in [2.05, 4.69) is 39.6 Å². The quantitative estimate of drug-likeness (QED) is 0.791. The fourth-order valence-electron chi connectivity index (χ4n) is 2.59. The number of hydrogen-bond acceptors (Lipinski definition) is 3. The standard InChI is InChI=1S/C15H24BrNOS/c1-2-7-17-12(10-13-5-3-4-8-18-13)11-15-14(16)6-9-19-15/h6,9,12-13,17H,2-5,7-8,10-11H2,1H3. The van der Waals surface area contributed by atoms with Gasteiger partial charge in [0, 0.05) is 22.0 Å². The van der Waals surface area contributed by atoms with Crippen LogP contribution in [0, 0.1) is 0 Å². The molecule has 0 spiro atoms. The van der Waals surface area contributed by atoms with Gasteiger partial charge in [0.25, 0.3) is 0 Å². The number of nitrogens with one attached hydrogen (secondary N) is 1. The summed E-state index contributed by atoms with van der Waals surface area (Å²) in [5, 5.41) is 5.85. The highest BCUT2D eigenvalue weighted by Gasteiger charge is 2.20. The maximum absolute atomic E-state index is 5.89. The van der Waals surface area contributed by atoms with Crippen molar-refractivity contribution in [2.24, 2.45) is 0 Å². The van der Waals surface area contributed by atoms with E-state index in [0.717, 1.165) is 26.0 Å². The summed E-state index contributed by atoms with van der Waals surface area (Å²) >= 11 is 5.49. The lowest BCUT2D eigenvalue weighted by Gasteiger charge is -2.27. The molecule has 2 atom stereocenters. The lowest BCUT2D eigenvalue weighted by molar-refractivity contribution is 0.00530. The van der Waals surface area contributed by atoms with E-state index in [4.69, 9.17) is 4.74 Å². The van der Waals surface area contributed by atoms with Crippen LogP contribution in [0.15, 0.2) is 15.9 Å². The molecule has 19 heavy (non-hydrogen) atoms. The van der Waals surface area contributed by atoms with Crippen molar-refractivity contribution in [2.75, 3.05) is 13.2 Å². The highest BCUT2D eigenvalue weighted by Crippen LogP contribution is 2.26. The van der Waals surface area contributed by atoms with Gasteiger partial charge in [-0.2, -0.15) is 0 Å². The summed E-state index contributed by atoms with van der Waals surface area (Å²) in [6, 6.07) is 2.69. The molecule has 1 aliphatic rings. The van der Waals surface area contributed by atoms with E-state index in [1.54, 1.807) is 0 Å². The Labute approximate surface area is 129 Å². The van der Waals surface area contributed by atoms with E-state index < -0.39 is 0 Å². The van der Waals surface area contributed by atoms with Gasteiger partial charge >= 0.3 is 0 Å². The number of ether oxygens (including phenoxy) is 1. The summed E-state index contributed by atoms with van der Waals surface area (Å²) in [6.07, 6.45) is 7.70. The molecule has 2 nitrogen and oxygen atoms in total. The molecule has 1 aromatic heterocycles. The van der Waals surface area contributed by atoms with Crippen molar-refractivity contribution in [3.05, 3.63) is 20.8 Å². The summed E-state index contributed by atoms with van der Waals surface area (Å²) in [5.41, 5.74) is 0. The third kappa shape index (κ3) is 5.18. The van der Waals surface area contributed by atoms with Gasteiger partial charge in [0.2, 0.25) is 0 Å². The Hall–Kier alpha value is 0.1000.